The fourth-order valence-corrected chi connectivity index (χ4v) is 5.42. The van der Waals surface area contributed by atoms with Gasteiger partial charge in [-0.1, -0.05) is 19.4 Å². The highest BCUT2D eigenvalue weighted by molar-refractivity contribution is 5.91. The first-order chi connectivity index (χ1) is 16.7. The van der Waals surface area contributed by atoms with Crippen molar-refractivity contribution in [2.45, 2.75) is 121 Å². The molecule has 36 heavy (non-hydrogen) atoms. The second-order valence-electron chi connectivity index (χ2n) is 11.1. The largest absolute Gasteiger partial charge is 0.388 e. The lowest BCUT2D eigenvalue weighted by molar-refractivity contribution is -0.332. The van der Waals surface area contributed by atoms with Gasteiger partial charge >= 0.3 is 0 Å². The second kappa shape index (κ2) is 11.8. The Morgan fingerprint density at radius 1 is 0.972 bits per heavy atom. The van der Waals surface area contributed by atoms with Gasteiger partial charge in [0.2, 0.25) is 0 Å². The number of allylic oxidation sites excluding steroid dienone is 2. The number of hydrogen-bond donors (Lipinski definition) is 6. The number of ketones is 1. The van der Waals surface area contributed by atoms with Gasteiger partial charge in [0.25, 0.3) is 0 Å². The molecule has 208 valence electrons. The molecule has 2 saturated heterocycles. The molecule has 12 atom stereocenters. The maximum Gasteiger partial charge on any atom is 0.186 e. The molecule has 0 amide bonds. The molecule has 1 aliphatic carbocycles. The van der Waals surface area contributed by atoms with Gasteiger partial charge in [-0.05, 0) is 51.0 Å². The van der Waals surface area contributed by atoms with E-state index >= 15 is 0 Å². The highest BCUT2D eigenvalue weighted by atomic mass is 16.7. The molecule has 11 nitrogen and oxygen atoms in total. The Kier molecular flexibility index (Phi) is 9.70. The van der Waals surface area contributed by atoms with Crippen molar-refractivity contribution in [1.29, 1.82) is 0 Å². The Hall–Kier alpha value is -0.990. The van der Waals surface area contributed by atoms with Crippen LogP contribution in [0.3, 0.4) is 0 Å². The lowest BCUT2D eigenvalue weighted by atomic mass is 9.66. The molecule has 6 N–H and O–H groups in total. The standard InChI is InChI=1S/C25H42O11/c1-11-8-14(26)9-25(4,5)15(11)7-6-12(2)34-24-22(32)20(30)18(28)16(36-24)10-33-23-21(31)19(29)17(27)13(3)35-23/h8,12-13,15-24,27-32H,6-7,9-10H2,1-5H3/t12?,13-,15-,16+,17-,18+,19+,20-,21+,22+,23+,24+/m0/s1. The van der Waals surface area contributed by atoms with Gasteiger partial charge < -0.3 is 49.6 Å². The predicted octanol–water partition coefficient (Wildman–Crippen LogP) is -0.615. The van der Waals surface area contributed by atoms with Gasteiger partial charge in [-0.3, -0.25) is 4.79 Å². The van der Waals surface area contributed by atoms with Crippen LogP contribution < -0.4 is 0 Å². The number of aliphatic hydroxyl groups is 6. The van der Waals surface area contributed by atoms with E-state index in [1.807, 2.05) is 13.8 Å². The highest BCUT2D eigenvalue weighted by Gasteiger charge is 2.47. The molecule has 0 aromatic heterocycles. The van der Waals surface area contributed by atoms with Crippen LogP contribution in [0.4, 0.5) is 0 Å². The van der Waals surface area contributed by atoms with E-state index in [1.54, 1.807) is 6.08 Å². The number of hydrogen-bond acceptors (Lipinski definition) is 11. The number of carbonyl (C=O) groups is 1. The molecule has 0 radical (unpaired) electrons. The van der Waals surface area contributed by atoms with Crippen molar-refractivity contribution in [3.05, 3.63) is 11.6 Å². The van der Waals surface area contributed by atoms with Gasteiger partial charge in [-0.25, -0.2) is 0 Å². The monoisotopic (exact) mass is 518 g/mol. The SMILES string of the molecule is CC1=CC(=O)CC(C)(C)[C@H]1CCC(C)O[C@@H]1O[C@H](CO[C@@H]2O[C@@H](C)[C@H](O)[C@@H](O)[C@H]2O)[C@@H](O)[C@H](O)[C@H]1O. The fraction of sp³-hybridized carbons (Fsp3) is 0.880. The lowest BCUT2D eigenvalue weighted by Gasteiger charge is -2.43. The van der Waals surface area contributed by atoms with Crippen LogP contribution in [0.15, 0.2) is 11.6 Å². The van der Waals surface area contributed by atoms with Gasteiger partial charge in [-0.15, -0.1) is 0 Å². The van der Waals surface area contributed by atoms with Crippen LogP contribution in [-0.2, 0) is 23.7 Å². The zero-order valence-electron chi connectivity index (χ0n) is 21.6. The van der Waals surface area contributed by atoms with E-state index in [0.29, 0.717) is 12.8 Å². The van der Waals surface area contributed by atoms with Gasteiger partial charge in [0.05, 0.1) is 18.8 Å². The Morgan fingerprint density at radius 3 is 2.22 bits per heavy atom. The van der Waals surface area contributed by atoms with E-state index < -0.39 is 61.4 Å². The zero-order chi connectivity index (χ0) is 26.9. The first kappa shape index (κ1) is 29.6. The lowest BCUT2D eigenvalue weighted by Crippen LogP contribution is -2.61. The first-order valence-electron chi connectivity index (χ1n) is 12.6. The Morgan fingerprint density at radius 2 is 1.58 bits per heavy atom. The van der Waals surface area contributed by atoms with Gasteiger partial charge in [-0.2, -0.15) is 0 Å². The summed E-state index contributed by atoms with van der Waals surface area (Å²) >= 11 is 0. The number of aliphatic hydroxyl groups excluding tert-OH is 6. The van der Waals surface area contributed by atoms with Crippen LogP contribution in [-0.4, -0.2) is 111 Å². The Balaban J connectivity index is 1.56. The zero-order valence-corrected chi connectivity index (χ0v) is 21.6. The summed E-state index contributed by atoms with van der Waals surface area (Å²) < 4.78 is 22.5. The molecule has 0 aromatic rings. The molecule has 3 rings (SSSR count). The molecule has 3 aliphatic rings. The summed E-state index contributed by atoms with van der Waals surface area (Å²) in [5.41, 5.74) is 0.860. The van der Waals surface area contributed by atoms with Crippen molar-refractivity contribution in [3.8, 4) is 0 Å². The van der Waals surface area contributed by atoms with Crippen molar-refractivity contribution < 1.29 is 54.4 Å². The first-order valence-corrected chi connectivity index (χ1v) is 12.6. The van der Waals surface area contributed by atoms with Crippen LogP contribution in [0.25, 0.3) is 0 Å². The van der Waals surface area contributed by atoms with E-state index in [-0.39, 0.29) is 29.8 Å². The Bertz CT molecular complexity index is 786. The molecule has 11 heteroatoms. The highest BCUT2D eigenvalue weighted by Crippen LogP contribution is 2.42. The van der Waals surface area contributed by atoms with Crippen molar-refractivity contribution in [3.63, 3.8) is 0 Å². The number of ether oxygens (including phenoxy) is 4. The number of carbonyl (C=O) groups excluding carboxylic acids is 1. The van der Waals surface area contributed by atoms with E-state index in [0.717, 1.165) is 12.0 Å². The van der Waals surface area contributed by atoms with E-state index in [9.17, 15) is 35.4 Å². The predicted molar refractivity (Wildman–Crippen MR) is 125 cm³/mol. The van der Waals surface area contributed by atoms with Crippen molar-refractivity contribution >= 4 is 5.78 Å². The minimum atomic E-state index is -1.57. The Labute approximate surface area is 211 Å². The summed E-state index contributed by atoms with van der Waals surface area (Å²) in [6.45, 7) is 9.09. The van der Waals surface area contributed by atoms with Crippen molar-refractivity contribution in [2.75, 3.05) is 6.61 Å². The maximum atomic E-state index is 11.9. The average molecular weight is 519 g/mol. The number of rotatable bonds is 8. The van der Waals surface area contributed by atoms with E-state index in [1.165, 1.54) is 6.92 Å². The topological polar surface area (TPSA) is 175 Å². The van der Waals surface area contributed by atoms with Gasteiger partial charge in [0, 0.05) is 6.42 Å². The summed E-state index contributed by atoms with van der Waals surface area (Å²) in [5.74, 6) is 0.328. The quantitative estimate of drug-likeness (QED) is 0.242. The smallest absolute Gasteiger partial charge is 0.186 e. The minimum Gasteiger partial charge on any atom is -0.388 e. The molecular weight excluding hydrogens is 476 g/mol. The summed E-state index contributed by atoms with van der Waals surface area (Å²) in [5, 5.41) is 61.1. The summed E-state index contributed by atoms with van der Waals surface area (Å²) in [7, 11) is 0. The van der Waals surface area contributed by atoms with Crippen LogP contribution in [0.1, 0.15) is 53.9 Å². The van der Waals surface area contributed by atoms with Crippen LogP contribution in [0.2, 0.25) is 0 Å². The summed E-state index contributed by atoms with van der Waals surface area (Å²) in [6, 6.07) is 0. The summed E-state index contributed by atoms with van der Waals surface area (Å²) in [6.07, 6.45) is -10.1. The van der Waals surface area contributed by atoms with E-state index in [2.05, 4.69) is 13.8 Å². The molecular formula is C25H42O11. The van der Waals surface area contributed by atoms with Crippen molar-refractivity contribution in [1.82, 2.24) is 0 Å². The fourth-order valence-electron chi connectivity index (χ4n) is 5.42. The van der Waals surface area contributed by atoms with Crippen LogP contribution in [0.5, 0.6) is 0 Å². The third kappa shape index (κ3) is 6.52. The van der Waals surface area contributed by atoms with Gasteiger partial charge in [0.15, 0.2) is 18.4 Å². The molecule has 0 spiro atoms. The molecule has 2 heterocycles. The molecule has 0 saturated carbocycles. The van der Waals surface area contributed by atoms with Crippen molar-refractivity contribution in [2.24, 2.45) is 11.3 Å². The molecule has 0 aromatic carbocycles. The third-order valence-corrected chi connectivity index (χ3v) is 7.64. The average Bonchev–Trinajstić information content (AvgIpc) is 2.78. The maximum absolute atomic E-state index is 11.9. The third-order valence-electron chi connectivity index (χ3n) is 7.64. The van der Waals surface area contributed by atoms with Crippen LogP contribution >= 0.6 is 0 Å². The molecule has 1 unspecified atom stereocenters. The van der Waals surface area contributed by atoms with E-state index in [4.69, 9.17) is 18.9 Å². The minimum absolute atomic E-state index is 0.129. The molecule has 2 fully saturated rings. The van der Waals surface area contributed by atoms with Gasteiger partial charge in [0.1, 0.15) is 42.7 Å². The van der Waals surface area contributed by atoms with Crippen LogP contribution in [0, 0.1) is 11.3 Å². The molecule has 2 aliphatic heterocycles. The molecule has 0 bridgehead atoms. The summed E-state index contributed by atoms with van der Waals surface area (Å²) in [4.78, 5) is 11.9. The second-order valence-corrected chi connectivity index (χ2v) is 11.1. The normalized spacial score (nSPS) is 44.2.